The zero-order valence-corrected chi connectivity index (χ0v) is 12.9. The minimum Gasteiger partial charge on any atom is -0.480 e. The van der Waals surface area contributed by atoms with Crippen LogP contribution in [0, 0.1) is 19.8 Å². The zero-order valence-electron chi connectivity index (χ0n) is 12.9. The molecule has 2 heterocycles. The van der Waals surface area contributed by atoms with Gasteiger partial charge in [0.1, 0.15) is 5.69 Å². The summed E-state index contributed by atoms with van der Waals surface area (Å²) in [5.41, 5.74) is 9.44. The Morgan fingerprint density at radius 3 is 2.29 bits per heavy atom. The summed E-state index contributed by atoms with van der Waals surface area (Å²) in [5.74, 6) is 1.47. The van der Waals surface area contributed by atoms with Crippen LogP contribution in [-0.4, -0.2) is 33.8 Å². The van der Waals surface area contributed by atoms with Crippen molar-refractivity contribution in [1.29, 1.82) is 0 Å². The minimum absolute atomic E-state index is 0.414. The number of hydrogen-bond acceptors (Lipinski definition) is 6. The molecule has 2 aromatic rings. The van der Waals surface area contributed by atoms with Gasteiger partial charge in [0.2, 0.25) is 5.88 Å². The molecular formula is C15H21N5O. The number of aromatic nitrogens is 4. The fourth-order valence-electron chi connectivity index (χ4n) is 2.13. The molecule has 0 saturated carbocycles. The van der Waals surface area contributed by atoms with Gasteiger partial charge in [0.25, 0.3) is 0 Å². The lowest BCUT2D eigenvalue weighted by Gasteiger charge is -2.14. The van der Waals surface area contributed by atoms with E-state index in [4.69, 9.17) is 10.5 Å². The van der Waals surface area contributed by atoms with Gasteiger partial charge in [0, 0.05) is 17.5 Å². The Kier molecular flexibility index (Phi) is 4.80. The van der Waals surface area contributed by atoms with E-state index >= 15 is 0 Å². The molecule has 0 radical (unpaired) electrons. The normalized spacial score (nSPS) is 12.2. The monoisotopic (exact) mass is 287 g/mol. The summed E-state index contributed by atoms with van der Waals surface area (Å²) in [6, 6.07) is 3.56. The third-order valence-corrected chi connectivity index (χ3v) is 3.45. The third kappa shape index (κ3) is 3.52. The molecule has 0 fully saturated rings. The maximum Gasteiger partial charge on any atom is 0.233 e. The summed E-state index contributed by atoms with van der Waals surface area (Å²) in [4.78, 5) is 9.10. The zero-order chi connectivity index (χ0) is 15.4. The van der Waals surface area contributed by atoms with Crippen LogP contribution >= 0.6 is 0 Å². The van der Waals surface area contributed by atoms with Gasteiger partial charge < -0.3 is 10.5 Å². The summed E-state index contributed by atoms with van der Waals surface area (Å²) in [7, 11) is 1.56. The van der Waals surface area contributed by atoms with Crippen LogP contribution in [-0.2, 0) is 6.42 Å². The number of methoxy groups -OCH3 is 1. The molecule has 0 aromatic carbocycles. The van der Waals surface area contributed by atoms with E-state index in [1.54, 1.807) is 13.2 Å². The highest BCUT2D eigenvalue weighted by molar-refractivity contribution is 5.50. The average Bonchev–Trinajstić information content (AvgIpc) is 2.50. The largest absolute Gasteiger partial charge is 0.480 e. The fourth-order valence-corrected chi connectivity index (χ4v) is 2.13. The van der Waals surface area contributed by atoms with Crippen molar-refractivity contribution in [1.82, 2.24) is 20.2 Å². The van der Waals surface area contributed by atoms with Crippen molar-refractivity contribution in [3.05, 3.63) is 29.1 Å². The number of nitrogens with two attached hydrogens (primary N) is 1. The van der Waals surface area contributed by atoms with Crippen molar-refractivity contribution < 1.29 is 4.74 Å². The highest BCUT2D eigenvalue weighted by atomic mass is 16.5. The second-order valence-corrected chi connectivity index (χ2v) is 5.20. The van der Waals surface area contributed by atoms with Crippen LogP contribution in [0.15, 0.2) is 12.1 Å². The predicted molar refractivity (Wildman–Crippen MR) is 81.0 cm³/mol. The van der Waals surface area contributed by atoms with E-state index in [1.165, 1.54) is 0 Å². The molecular weight excluding hydrogens is 266 g/mol. The van der Waals surface area contributed by atoms with Gasteiger partial charge >= 0.3 is 0 Å². The standard InChI is InChI=1S/C15H21N5O/c1-9(8-16)7-12-10(2)17-15(18-11(12)3)13-5-6-14(21-4)20-19-13/h5-6,9H,7-8,16H2,1-4H3. The van der Waals surface area contributed by atoms with E-state index in [1.807, 2.05) is 19.9 Å². The number of hydrogen-bond donors (Lipinski definition) is 1. The van der Waals surface area contributed by atoms with Crippen LogP contribution in [0.25, 0.3) is 11.5 Å². The molecule has 21 heavy (non-hydrogen) atoms. The molecule has 0 aliphatic heterocycles. The van der Waals surface area contributed by atoms with Gasteiger partial charge in [-0.1, -0.05) is 6.92 Å². The molecule has 0 aliphatic rings. The quantitative estimate of drug-likeness (QED) is 0.900. The van der Waals surface area contributed by atoms with E-state index in [2.05, 4.69) is 27.1 Å². The first-order chi connectivity index (χ1) is 10.0. The van der Waals surface area contributed by atoms with Crippen molar-refractivity contribution in [2.24, 2.45) is 11.7 Å². The van der Waals surface area contributed by atoms with Gasteiger partial charge in [-0.2, -0.15) is 0 Å². The van der Waals surface area contributed by atoms with Crippen LogP contribution < -0.4 is 10.5 Å². The van der Waals surface area contributed by atoms with E-state index < -0.39 is 0 Å². The van der Waals surface area contributed by atoms with E-state index in [0.717, 1.165) is 23.4 Å². The van der Waals surface area contributed by atoms with Crippen LogP contribution in [0.5, 0.6) is 5.88 Å². The van der Waals surface area contributed by atoms with Gasteiger partial charge in [0.05, 0.1) is 7.11 Å². The number of nitrogens with zero attached hydrogens (tertiary/aromatic N) is 4. The topological polar surface area (TPSA) is 86.8 Å². The lowest BCUT2D eigenvalue weighted by Crippen LogP contribution is -2.15. The lowest BCUT2D eigenvalue weighted by atomic mass is 9.99. The molecule has 6 heteroatoms. The smallest absolute Gasteiger partial charge is 0.233 e. The van der Waals surface area contributed by atoms with Crippen LogP contribution in [0.4, 0.5) is 0 Å². The molecule has 112 valence electrons. The highest BCUT2D eigenvalue weighted by Crippen LogP contribution is 2.20. The second-order valence-electron chi connectivity index (χ2n) is 5.20. The van der Waals surface area contributed by atoms with E-state index in [-0.39, 0.29) is 0 Å². The van der Waals surface area contributed by atoms with Crippen molar-refractivity contribution in [2.45, 2.75) is 27.2 Å². The van der Waals surface area contributed by atoms with Gasteiger partial charge in [0.15, 0.2) is 5.82 Å². The Hall–Kier alpha value is -2.08. The molecule has 2 aromatic heterocycles. The summed E-state index contributed by atoms with van der Waals surface area (Å²) >= 11 is 0. The highest BCUT2D eigenvalue weighted by Gasteiger charge is 2.13. The second kappa shape index (κ2) is 6.58. The van der Waals surface area contributed by atoms with Crippen molar-refractivity contribution >= 4 is 0 Å². The van der Waals surface area contributed by atoms with Crippen LogP contribution in [0.3, 0.4) is 0 Å². The number of rotatable bonds is 5. The fraction of sp³-hybridized carbons (Fsp3) is 0.467. The van der Waals surface area contributed by atoms with E-state index in [9.17, 15) is 0 Å². The van der Waals surface area contributed by atoms with Crippen molar-refractivity contribution in [3.8, 4) is 17.4 Å². The predicted octanol–water partition coefficient (Wildman–Crippen LogP) is 1.70. The Morgan fingerprint density at radius 1 is 1.14 bits per heavy atom. The van der Waals surface area contributed by atoms with Gasteiger partial charge in [-0.25, -0.2) is 9.97 Å². The summed E-state index contributed by atoms with van der Waals surface area (Å²) < 4.78 is 5.00. The Balaban J connectivity index is 2.34. The average molecular weight is 287 g/mol. The van der Waals surface area contributed by atoms with Crippen molar-refractivity contribution in [3.63, 3.8) is 0 Å². The first-order valence-electron chi connectivity index (χ1n) is 6.97. The van der Waals surface area contributed by atoms with Crippen molar-refractivity contribution in [2.75, 3.05) is 13.7 Å². The number of ether oxygens (including phenoxy) is 1. The summed E-state index contributed by atoms with van der Waals surface area (Å²) in [6.45, 7) is 6.77. The first-order valence-corrected chi connectivity index (χ1v) is 6.97. The van der Waals surface area contributed by atoms with Crippen LogP contribution in [0.1, 0.15) is 23.9 Å². The molecule has 1 unspecified atom stereocenters. The molecule has 0 amide bonds. The number of aryl methyl sites for hydroxylation is 2. The minimum atomic E-state index is 0.414. The van der Waals surface area contributed by atoms with Gasteiger partial charge in [-0.05, 0) is 44.4 Å². The van der Waals surface area contributed by atoms with E-state index in [0.29, 0.717) is 29.9 Å². The van der Waals surface area contributed by atoms with Gasteiger partial charge in [-0.15, -0.1) is 10.2 Å². The summed E-state index contributed by atoms with van der Waals surface area (Å²) in [6.07, 6.45) is 0.892. The molecule has 6 nitrogen and oxygen atoms in total. The maximum atomic E-state index is 5.70. The molecule has 0 aliphatic carbocycles. The third-order valence-electron chi connectivity index (χ3n) is 3.45. The Labute approximate surface area is 124 Å². The SMILES string of the molecule is COc1ccc(-c2nc(C)c(CC(C)CN)c(C)n2)nn1. The molecule has 0 saturated heterocycles. The lowest BCUT2D eigenvalue weighted by molar-refractivity contribution is 0.392. The first kappa shape index (κ1) is 15.3. The van der Waals surface area contributed by atoms with Crippen LogP contribution in [0.2, 0.25) is 0 Å². The molecule has 2 N–H and O–H groups in total. The molecule has 0 spiro atoms. The molecule has 1 atom stereocenters. The molecule has 0 bridgehead atoms. The van der Waals surface area contributed by atoms with Gasteiger partial charge in [-0.3, -0.25) is 0 Å². The Bertz CT molecular complexity index is 589. The maximum absolute atomic E-state index is 5.70. The summed E-state index contributed by atoms with van der Waals surface area (Å²) in [5, 5.41) is 8.04. The molecule has 2 rings (SSSR count). The Morgan fingerprint density at radius 2 is 1.81 bits per heavy atom.